The van der Waals surface area contributed by atoms with Crippen molar-refractivity contribution in [1.82, 2.24) is 9.97 Å². The zero-order valence-electron chi connectivity index (χ0n) is 14.2. The summed E-state index contributed by atoms with van der Waals surface area (Å²) in [5, 5.41) is 3.33. The van der Waals surface area contributed by atoms with Crippen molar-refractivity contribution < 1.29 is 0 Å². The topological polar surface area (TPSA) is 41.1 Å². The van der Waals surface area contributed by atoms with E-state index in [1.54, 1.807) is 0 Å². The molecule has 2 heterocycles. The first-order valence-electron chi connectivity index (χ1n) is 8.35. The van der Waals surface area contributed by atoms with Gasteiger partial charge in [0.25, 0.3) is 0 Å². The van der Waals surface area contributed by atoms with Crippen LogP contribution in [0.1, 0.15) is 18.1 Å². The van der Waals surface area contributed by atoms with Crippen LogP contribution < -0.4 is 10.2 Å². The van der Waals surface area contributed by atoms with Crippen LogP contribution in [0.2, 0.25) is 0 Å². The molecule has 1 aliphatic heterocycles. The number of fused-ring (bicyclic) bond motifs is 1. The van der Waals surface area contributed by atoms with Gasteiger partial charge in [-0.05, 0) is 61.7 Å². The van der Waals surface area contributed by atoms with Gasteiger partial charge in [-0.25, -0.2) is 4.98 Å². The van der Waals surface area contributed by atoms with E-state index in [4.69, 9.17) is 4.98 Å². The van der Waals surface area contributed by atoms with Crippen LogP contribution in [0.4, 0.5) is 23.1 Å². The molecule has 0 radical (unpaired) electrons. The lowest BCUT2D eigenvalue weighted by Gasteiger charge is -2.24. The fourth-order valence-corrected chi connectivity index (χ4v) is 3.82. The highest BCUT2D eigenvalue weighted by Crippen LogP contribution is 2.37. The Hall–Kier alpha value is -2.40. The molecule has 126 valence electrons. The van der Waals surface area contributed by atoms with Crippen molar-refractivity contribution in [2.75, 3.05) is 10.2 Å². The molecule has 1 aliphatic rings. The highest BCUT2D eigenvalue weighted by Gasteiger charge is 2.27. The number of nitrogens with one attached hydrogen (secondary N) is 1. The molecule has 25 heavy (non-hydrogen) atoms. The van der Waals surface area contributed by atoms with E-state index in [1.807, 2.05) is 24.4 Å². The summed E-state index contributed by atoms with van der Waals surface area (Å²) in [6.45, 7) is 4.30. The second-order valence-electron chi connectivity index (χ2n) is 6.37. The van der Waals surface area contributed by atoms with Crippen molar-refractivity contribution in [2.24, 2.45) is 0 Å². The molecular weight excluding hydrogens is 376 g/mol. The first kappa shape index (κ1) is 16.1. The van der Waals surface area contributed by atoms with Crippen molar-refractivity contribution in [3.8, 4) is 0 Å². The average molecular weight is 395 g/mol. The van der Waals surface area contributed by atoms with Gasteiger partial charge in [0, 0.05) is 28.1 Å². The highest BCUT2D eigenvalue weighted by molar-refractivity contribution is 9.10. The normalized spacial score (nSPS) is 16.0. The lowest BCUT2D eigenvalue weighted by atomic mass is 10.1. The first-order valence-corrected chi connectivity index (χ1v) is 9.14. The zero-order chi connectivity index (χ0) is 17.4. The summed E-state index contributed by atoms with van der Waals surface area (Å²) in [5.41, 5.74) is 4.75. The minimum atomic E-state index is 0.384. The fourth-order valence-electron chi connectivity index (χ4n) is 3.35. The first-order chi connectivity index (χ1) is 12.1. The summed E-state index contributed by atoms with van der Waals surface area (Å²) in [6, 6.07) is 17.0. The number of rotatable bonds is 3. The largest absolute Gasteiger partial charge is 0.324 e. The van der Waals surface area contributed by atoms with Gasteiger partial charge in [0.05, 0.1) is 0 Å². The van der Waals surface area contributed by atoms with Crippen LogP contribution in [0.3, 0.4) is 0 Å². The molecule has 1 N–H and O–H groups in total. The predicted octanol–water partition coefficient (Wildman–Crippen LogP) is 5.37. The number of aryl methyl sites for hydroxylation is 1. The Morgan fingerprint density at radius 2 is 2.00 bits per heavy atom. The molecule has 4 rings (SSSR count). The number of anilines is 4. The minimum Gasteiger partial charge on any atom is -0.324 e. The number of nitrogens with zero attached hydrogens (tertiary/aromatic N) is 3. The summed E-state index contributed by atoms with van der Waals surface area (Å²) in [4.78, 5) is 11.4. The summed E-state index contributed by atoms with van der Waals surface area (Å²) >= 11 is 3.49. The molecule has 0 saturated heterocycles. The summed E-state index contributed by atoms with van der Waals surface area (Å²) < 4.78 is 1.06. The monoisotopic (exact) mass is 394 g/mol. The van der Waals surface area contributed by atoms with Gasteiger partial charge < -0.3 is 10.2 Å². The van der Waals surface area contributed by atoms with Crippen molar-refractivity contribution in [3.05, 3.63) is 70.3 Å². The number of aromatic nitrogens is 2. The Morgan fingerprint density at radius 3 is 2.84 bits per heavy atom. The van der Waals surface area contributed by atoms with Crippen LogP contribution in [0.5, 0.6) is 0 Å². The molecule has 0 saturated carbocycles. The van der Waals surface area contributed by atoms with Gasteiger partial charge in [0.1, 0.15) is 5.82 Å². The second kappa shape index (κ2) is 6.48. The molecular formula is C20H19BrN4. The Kier molecular flexibility index (Phi) is 4.17. The molecule has 0 aliphatic carbocycles. The number of hydrogen-bond acceptors (Lipinski definition) is 4. The smallest absolute Gasteiger partial charge is 0.229 e. The Morgan fingerprint density at radius 1 is 1.16 bits per heavy atom. The van der Waals surface area contributed by atoms with Crippen molar-refractivity contribution in [1.29, 1.82) is 0 Å². The van der Waals surface area contributed by atoms with Crippen molar-refractivity contribution in [3.63, 3.8) is 0 Å². The number of para-hydroxylation sites is 1. The molecule has 0 spiro atoms. The third kappa shape index (κ3) is 3.12. The third-order valence-corrected chi connectivity index (χ3v) is 5.02. The minimum absolute atomic E-state index is 0.384. The maximum absolute atomic E-state index is 4.75. The van der Waals surface area contributed by atoms with Gasteiger partial charge in [0.2, 0.25) is 5.95 Å². The summed E-state index contributed by atoms with van der Waals surface area (Å²) in [6.07, 6.45) is 2.85. The maximum Gasteiger partial charge on any atom is 0.229 e. The van der Waals surface area contributed by atoms with Gasteiger partial charge in [-0.2, -0.15) is 4.98 Å². The van der Waals surface area contributed by atoms with Crippen LogP contribution in [0.25, 0.3) is 0 Å². The zero-order valence-corrected chi connectivity index (χ0v) is 15.8. The highest BCUT2D eigenvalue weighted by atomic mass is 79.9. The van der Waals surface area contributed by atoms with Crippen molar-refractivity contribution >= 4 is 39.1 Å². The molecule has 1 aromatic heterocycles. The Balaban J connectivity index is 1.66. The standard InChI is InChI=1S/C20H19BrN4/c1-13-11-16(21)7-8-17(13)23-20-22-10-9-19(24-20)25-14(2)12-15-5-3-4-6-18(15)25/h3-11,14H,12H2,1-2H3,(H,22,23,24). The predicted molar refractivity (Wildman–Crippen MR) is 106 cm³/mol. The van der Waals surface area contributed by atoms with E-state index >= 15 is 0 Å². The Labute approximate surface area is 156 Å². The Bertz CT molecular complexity index is 925. The quantitative estimate of drug-likeness (QED) is 0.647. The molecule has 0 bridgehead atoms. The van der Waals surface area contributed by atoms with Gasteiger partial charge in [-0.15, -0.1) is 0 Å². The van der Waals surface area contributed by atoms with E-state index in [1.165, 1.54) is 11.3 Å². The van der Waals surface area contributed by atoms with E-state index < -0.39 is 0 Å². The molecule has 3 aromatic rings. The van der Waals surface area contributed by atoms with Crippen LogP contribution in [0, 0.1) is 6.92 Å². The van der Waals surface area contributed by atoms with Crippen LogP contribution in [-0.2, 0) is 6.42 Å². The summed E-state index contributed by atoms with van der Waals surface area (Å²) in [5.74, 6) is 1.53. The molecule has 1 unspecified atom stereocenters. The van der Waals surface area contributed by atoms with E-state index in [-0.39, 0.29) is 0 Å². The van der Waals surface area contributed by atoms with E-state index in [0.29, 0.717) is 12.0 Å². The molecule has 4 nitrogen and oxygen atoms in total. The molecule has 1 atom stereocenters. The lowest BCUT2D eigenvalue weighted by Crippen LogP contribution is -2.25. The van der Waals surface area contributed by atoms with Gasteiger partial charge >= 0.3 is 0 Å². The van der Waals surface area contributed by atoms with Crippen LogP contribution in [0.15, 0.2) is 59.2 Å². The van der Waals surface area contributed by atoms with E-state index in [9.17, 15) is 0 Å². The van der Waals surface area contributed by atoms with Crippen molar-refractivity contribution in [2.45, 2.75) is 26.3 Å². The van der Waals surface area contributed by atoms with E-state index in [2.05, 4.69) is 75.3 Å². The van der Waals surface area contributed by atoms with Crippen LogP contribution in [-0.4, -0.2) is 16.0 Å². The number of hydrogen-bond donors (Lipinski definition) is 1. The van der Waals surface area contributed by atoms with Gasteiger partial charge in [0.15, 0.2) is 0 Å². The number of halogens is 1. The van der Waals surface area contributed by atoms with Gasteiger partial charge in [-0.3, -0.25) is 0 Å². The fraction of sp³-hybridized carbons (Fsp3) is 0.200. The van der Waals surface area contributed by atoms with Gasteiger partial charge in [-0.1, -0.05) is 34.1 Å². The maximum atomic E-state index is 4.75. The SMILES string of the molecule is Cc1cc(Br)ccc1Nc1nccc(N2c3ccccc3CC2C)n1. The summed E-state index contributed by atoms with van der Waals surface area (Å²) in [7, 11) is 0. The van der Waals surface area contributed by atoms with E-state index in [0.717, 1.165) is 28.0 Å². The number of benzene rings is 2. The average Bonchev–Trinajstić information content (AvgIpc) is 2.93. The lowest BCUT2D eigenvalue weighted by molar-refractivity contribution is 0.749. The second-order valence-corrected chi connectivity index (χ2v) is 7.29. The molecule has 0 amide bonds. The van der Waals surface area contributed by atoms with Crippen LogP contribution >= 0.6 is 15.9 Å². The third-order valence-electron chi connectivity index (χ3n) is 4.53. The molecule has 0 fully saturated rings. The molecule has 2 aromatic carbocycles. The molecule has 5 heteroatoms.